The fourth-order valence-corrected chi connectivity index (χ4v) is 3.37. The third kappa shape index (κ3) is 3.33. The molecule has 0 radical (unpaired) electrons. The molecular weight excluding hydrogens is 353 g/mol. The Balaban J connectivity index is 2.30. The van der Waals surface area contributed by atoms with Crippen LogP contribution in [0.25, 0.3) is 0 Å². The Morgan fingerprint density at radius 2 is 1.94 bits per heavy atom. The monoisotopic (exact) mass is 371 g/mol. The minimum absolute atomic E-state index is 0.335. The fourth-order valence-electron chi connectivity index (χ4n) is 1.99. The van der Waals surface area contributed by atoms with Crippen molar-refractivity contribution in [3.05, 3.63) is 55.3 Å². The van der Waals surface area contributed by atoms with Crippen LogP contribution in [-0.2, 0) is 0 Å². The molecule has 0 amide bonds. The van der Waals surface area contributed by atoms with Gasteiger partial charge in [0.1, 0.15) is 0 Å². The molecule has 0 saturated carbocycles. The molecule has 1 nitrogen and oxygen atoms in total. The van der Waals surface area contributed by atoms with Crippen molar-refractivity contribution in [1.82, 2.24) is 5.32 Å². The second-order valence-electron chi connectivity index (χ2n) is 4.41. The lowest BCUT2D eigenvalue weighted by molar-refractivity contribution is 0.604. The fraction of sp³-hybridized carbons (Fsp3) is 0.333. The molecule has 2 aromatic rings. The molecule has 0 aliphatic carbocycles. The van der Waals surface area contributed by atoms with Gasteiger partial charge in [-0.1, -0.05) is 19.1 Å². The Kier molecular flexibility index (Phi) is 5.21. The molecule has 1 aromatic heterocycles. The van der Waals surface area contributed by atoms with Gasteiger partial charge in [0.05, 0.1) is 6.04 Å². The van der Waals surface area contributed by atoms with E-state index < -0.39 is 0 Å². The maximum absolute atomic E-state index is 3.66. The molecule has 1 atom stereocenters. The van der Waals surface area contributed by atoms with Crippen molar-refractivity contribution in [3.63, 3.8) is 0 Å². The lowest BCUT2D eigenvalue weighted by Gasteiger charge is -2.19. The molecule has 0 spiro atoms. The Labute approximate surface area is 127 Å². The average molecular weight is 371 g/mol. The van der Waals surface area contributed by atoms with Crippen molar-refractivity contribution in [2.45, 2.75) is 26.3 Å². The Hall–Kier alpha value is -0.390. The minimum Gasteiger partial charge on any atom is -0.306 e. The number of hydrogen-bond donors (Lipinski definition) is 1. The third-order valence-corrected chi connectivity index (χ3v) is 4.77. The van der Waals surface area contributed by atoms with Gasteiger partial charge in [0.15, 0.2) is 0 Å². The lowest BCUT2D eigenvalue weighted by Crippen LogP contribution is -2.22. The number of thiophene rings is 1. The van der Waals surface area contributed by atoms with Crippen LogP contribution in [0.3, 0.4) is 0 Å². The van der Waals surface area contributed by atoms with Crippen LogP contribution in [0.2, 0.25) is 0 Å². The standard InChI is InChI=1S/C15H18INS/c1-3-9-17-14(15-11(2)8-10-18-15)12-4-6-13(16)7-5-12/h4-8,10,14,17H,3,9H2,1-2H3. The molecule has 0 bridgehead atoms. The highest BCUT2D eigenvalue weighted by Gasteiger charge is 2.16. The first-order valence-electron chi connectivity index (χ1n) is 6.25. The number of rotatable bonds is 5. The molecule has 0 aliphatic heterocycles. The summed E-state index contributed by atoms with van der Waals surface area (Å²) in [6.45, 7) is 5.45. The van der Waals surface area contributed by atoms with E-state index in [1.54, 1.807) is 0 Å². The number of aryl methyl sites for hydroxylation is 1. The zero-order valence-electron chi connectivity index (χ0n) is 10.7. The average Bonchev–Trinajstić information content (AvgIpc) is 2.78. The molecule has 96 valence electrons. The molecule has 2 rings (SSSR count). The van der Waals surface area contributed by atoms with Crippen LogP contribution in [0.5, 0.6) is 0 Å². The van der Waals surface area contributed by atoms with Crippen molar-refractivity contribution in [2.24, 2.45) is 0 Å². The van der Waals surface area contributed by atoms with Crippen LogP contribution in [0.1, 0.15) is 35.4 Å². The van der Waals surface area contributed by atoms with Crippen molar-refractivity contribution in [3.8, 4) is 0 Å². The van der Waals surface area contributed by atoms with E-state index in [-0.39, 0.29) is 0 Å². The Morgan fingerprint density at radius 1 is 1.22 bits per heavy atom. The Bertz CT molecular complexity index is 489. The van der Waals surface area contributed by atoms with E-state index in [9.17, 15) is 0 Å². The van der Waals surface area contributed by atoms with Crippen molar-refractivity contribution < 1.29 is 0 Å². The van der Waals surface area contributed by atoms with Crippen molar-refractivity contribution in [1.29, 1.82) is 0 Å². The first-order valence-corrected chi connectivity index (χ1v) is 8.21. The molecule has 1 aromatic carbocycles. The van der Waals surface area contributed by atoms with Crippen LogP contribution >= 0.6 is 33.9 Å². The quantitative estimate of drug-likeness (QED) is 0.748. The number of nitrogens with one attached hydrogen (secondary N) is 1. The molecule has 1 N–H and O–H groups in total. The summed E-state index contributed by atoms with van der Waals surface area (Å²) in [4.78, 5) is 1.43. The zero-order valence-corrected chi connectivity index (χ0v) is 13.7. The summed E-state index contributed by atoms with van der Waals surface area (Å²) in [7, 11) is 0. The first kappa shape index (κ1) is 14.0. The molecule has 1 heterocycles. The van der Waals surface area contributed by atoms with Gasteiger partial charge in [-0.25, -0.2) is 0 Å². The molecule has 3 heteroatoms. The van der Waals surface area contributed by atoms with Gasteiger partial charge in [0.2, 0.25) is 0 Å². The largest absolute Gasteiger partial charge is 0.306 e. The summed E-state index contributed by atoms with van der Waals surface area (Å²) in [6, 6.07) is 11.4. The van der Waals surface area contributed by atoms with E-state index >= 15 is 0 Å². The van der Waals surface area contributed by atoms with E-state index in [0.29, 0.717) is 6.04 Å². The highest BCUT2D eigenvalue weighted by Crippen LogP contribution is 2.29. The van der Waals surface area contributed by atoms with Gasteiger partial charge in [-0.2, -0.15) is 0 Å². The van der Waals surface area contributed by atoms with Gasteiger partial charge in [-0.15, -0.1) is 11.3 Å². The van der Waals surface area contributed by atoms with Gasteiger partial charge in [-0.05, 0) is 77.2 Å². The van der Waals surface area contributed by atoms with E-state index in [0.717, 1.165) is 13.0 Å². The van der Waals surface area contributed by atoms with Crippen LogP contribution in [0, 0.1) is 10.5 Å². The van der Waals surface area contributed by atoms with Gasteiger partial charge >= 0.3 is 0 Å². The van der Waals surface area contributed by atoms with E-state index in [1.807, 2.05) is 11.3 Å². The summed E-state index contributed by atoms with van der Waals surface area (Å²) >= 11 is 4.19. The molecule has 0 aliphatic rings. The maximum atomic E-state index is 3.66. The molecule has 0 saturated heterocycles. The summed E-state index contributed by atoms with van der Waals surface area (Å²) in [5.74, 6) is 0. The zero-order chi connectivity index (χ0) is 13.0. The van der Waals surface area contributed by atoms with Gasteiger partial charge < -0.3 is 5.32 Å². The molecule has 18 heavy (non-hydrogen) atoms. The van der Waals surface area contributed by atoms with Crippen molar-refractivity contribution >= 4 is 33.9 Å². The third-order valence-electron chi connectivity index (χ3n) is 2.97. The topological polar surface area (TPSA) is 12.0 Å². The normalized spacial score (nSPS) is 12.6. The number of benzene rings is 1. The summed E-state index contributed by atoms with van der Waals surface area (Å²) in [5, 5.41) is 5.83. The second-order valence-corrected chi connectivity index (χ2v) is 6.60. The highest BCUT2D eigenvalue weighted by atomic mass is 127. The molecule has 1 unspecified atom stereocenters. The summed E-state index contributed by atoms with van der Waals surface area (Å²) in [6.07, 6.45) is 1.16. The SMILES string of the molecule is CCCNC(c1ccc(I)cc1)c1sccc1C. The van der Waals surface area contributed by atoms with Crippen LogP contribution in [0.4, 0.5) is 0 Å². The van der Waals surface area contributed by atoms with E-state index in [2.05, 4.69) is 77.5 Å². The second kappa shape index (κ2) is 6.68. The van der Waals surface area contributed by atoms with Crippen LogP contribution in [-0.4, -0.2) is 6.54 Å². The summed E-state index contributed by atoms with van der Waals surface area (Å²) in [5.41, 5.74) is 2.74. The number of hydrogen-bond acceptors (Lipinski definition) is 2. The lowest BCUT2D eigenvalue weighted by atomic mass is 10.0. The predicted molar refractivity (Wildman–Crippen MR) is 88.4 cm³/mol. The van der Waals surface area contributed by atoms with Crippen LogP contribution in [0.15, 0.2) is 35.7 Å². The first-order chi connectivity index (χ1) is 8.72. The number of halogens is 1. The van der Waals surface area contributed by atoms with Gasteiger partial charge in [0.25, 0.3) is 0 Å². The maximum Gasteiger partial charge on any atom is 0.0673 e. The van der Waals surface area contributed by atoms with Crippen LogP contribution < -0.4 is 5.32 Å². The molecule has 0 fully saturated rings. The van der Waals surface area contributed by atoms with Crippen molar-refractivity contribution in [2.75, 3.05) is 6.54 Å². The minimum atomic E-state index is 0.335. The Morgan fingerprint density at radius 3 is 2.50 bits per heavy atom. The van der Waals surface area contributed by atoms with Gasteiger partial charge in [-0.3, -0.25) is 0 Å². The van der Waals surface area contributed by atoms with E-state index in [4.69, 9.17) is 0 Å². The molecular formula is C15H18INS. The highest BCUT2D eigenvalue weighted by molar-refractivity contribution is 14.1. The smallest absolute Gasteiger partial charge is 0.0673 e. The van der Waals surface area contributed by atoms with Gasteiger partial charge in [0, 0.05) is 8.45 Å². The predicted octanol–water partition coefficient (Wildman–Crippen LogP) is 4.75. The van der Waals surface area contributed by atoms with E-state index in [1.165, 1.54) is 19.6 Å². The summed E-state index contributed by atoms with van der Waals surface area (Å²) < 4.78 is 1.29.